The molecule has 3 aromatic carbocycles. The third-order valence-electron chi connectivity index (χ3n) is 5.49. The lowest BCUT2D eigenvalue weighted by Gasteiger charge is -2.24. The highest BCUT2D eigenvalue weighted by molar-refractivity contribution is 7.24. The molecule has 6 heteroatoms. The smallest absolute Gasteiger partial charge is 0.196 e. The van der Waals surface area contributed by atoms with Gasteiger partial charge in [0.05, 0.1) is 18.8 Å². The summed E-state index contributed by atoms with van der Waals surface area (Å²) >= 11 is 1.57. The van der Waals surface area contributed by atoms with Gasteiger partial charge in [-0.3, -0.25) is 4.79 Å². The molecule has 0 unspecified atom stereocenters. The fourth-order valence-corrected chi connectivity index (χ4v) is 4.50. The van der Waals surface area contributed by atoms with E-state index >= 15 is 0 Å². The number of hydrogen-bond donors (Lipinski definition) is 3. The van der Waals surface area contributed by atoms with Crippen LogP contribution in [0, 0.1) is 0 Å². The number of nitrogens with two attached hydrogens (primary N) is 1. The van der Waals surface area contributed by atoms with E-state index in [1.165, 1.54) is 0 Å². The van der Waals surface area contributed by atoms with Crippen LogP contribution in [0.3, 0.4) is 0 Å². The van der Waals surface area contributed by atoms with Crippen LogP contribution in [0.25, 0.3) is 20.2 Å². The van der Waals surface area contributed by atoms with Gasteiger partial charge >= 0.3 is 0 Å². The van der Waals surface area contributed by atoms with Crippen molar-refractivity contribution in [1.29, 1.82) is 0 Å². The molecule has 5 nitrogen and oxygen atoms in total. The zero-order valence-corrected chi connectivity index (χ0v) is 17.9. The van der Waals surface area contributed by atoms with Crippen molar-refractivity contribution in [3.8, 4) is 5.75 Å². The molecular formula is C25H25NO4S. The summed E-state index contributed by atoms with van der Waals surface area (Å²) in [7, 11) is 0. The van der Waals surface area contributed by atoms with Gasteiger partial charge in [0.2, 0.25) is 0 Å². The van der Waals surface area contributed by atoms with Gasteiger partial charge in [0.15, 0.2) is 5.43 Å². The molecular weight excluding hydrogens is 410 g/mol. The molecule has 0 saturated carbocycles. The lowest BCUT2D eigenvalue weighted by atomic mass is 9.93. The van der Waals surface area contributed by atoms with Gasteiger partial charge < -0.3 is 20.7 Å². The van der Waals surface area contributed by atoms with E-state index in [4.69, 9.17) is 10.5 Å². The molecule has 160 valence electrons. The average molecular weight is 436 g/mol. The first-order chi connectivity index (χ1) is 15.0. The van der Waals surface area contributed by atoms with E-state index in [9.17, 15) is 15.0 Å². The largest absolute Gasteiger partial charge is 0.489 e. The van der Waals surface area contributed by atoms with Crippen molar-refractivity contribution in [2.45, 2.75) is 25.0 Å². The Bertz CT molecular complexity index is 1250. The summed E-state index contributed by atoms with van der Waals surface area (Å²) in [6.45, 7) is -0.136. The Hall–Kier alpha value is -2.77. The summed E-state index contributed by atoms with van der Waals surface area (Å²) in [6, 6.07) is 21.3. The van der Waals surface area contributed by atoms with E-state index in [0.717, 1.165) is 20.5 Å². The van der Waals surface area contributed by atoms with Gasteiger partial charge in [-0.2, -0.15) is 0 Å². The normalized spacial score (nSPS) is 11.8. The van der Waals surface area contributed by atoms with Crippen molar-refractivity contribution in [3.63, 3.8) is 0 Å². The molecule has 0 aliphatic carbocycles. The number of hydrogen-bond acceptors (Lipinski definition) is 6. The topological polar surface area (TPSA) is 92.8 Å². The highest BCUT2D eigenvalue weighted by Gasteiger charge is 2.22. The quantitative estimate of drug-likeness (QED) is 0.368. The summed E-state index contributed by atoms with van der Waals surface area (Å²) < 4.78 is 7.73. The molecule has 1 aromatic heterocycles. The molecule has 0 amide bonds. The molecule has 31 heavy (non-hydrogen) atoms. The Morgan fingerprint density at radius 3 is 2.26 bits per heavy atom. The van der Waals surface area contributed by atoms with Crippen molar-refractivity contribution < 1.29 is 14.9 Å². The summed E-state index contributed by atoms with van der Waals surface area (Å²) in [4.78, 5) is 13.2. The minimum absolute atomic E-state index is 0.0286. The van der Waals surface area contributed by atoms with Gasteiger partial charge in [0.1, 0.15) is 12.4 Å². The predicted octanol–water partition coefficient (Wildman–Crippen LogP) is 3.61. The van der Waals surface area contributed by atoms with Gasteiger partial charge in [0, 0.05) is 20.2 Å². The van der Waals surface area contributed by atoms with E-state index in [1.54, 1.807) is 11.3 Å². The lowest BCUT2D eigenvalue weighted by Crippen LogP contribution is -2.47. The van der Waals surface area contributed by atoms with Crippen molar-refractivity contribution in [3.05, 3.63) is 88.1 Å². The number of aliphatic hydroxyl groups excluding tert-OH is 2. The molecule has 0 atom stereocenters. The van der Waals surface area contributed by atoms with E-state index in [0.29, 0.717) is 36.0 Å². The molecule has 0 bridgehead atoms. The number of rotatable bonds is 8. The van der Waals surface area contributed by atoms with Gasteiger partial charge in [-0.15, -0.1) is 11.3 Å². The zero-order chi connectivity index (χ0) is 21.8. The minimum atomic E-state index is -1.02. The molecule has 4 aromatic rings. The summed E-state index contributed by atoms with van der Waals surface area (Å²) in [5, 5.41) is 20.1. The Kier molecular flexibility index (Phi) is 6.34. The van der Waals surface area contributed by atoms with Crippen molar-refractivity contribution in [1.82, 2.24) is 0 Å². The average Bonchev–Trinajstić information content (AvgIpc) is 2.82. The highest BCUT2D eigenvalue weighted by atomic mass is 32.1. The SMILES string of the molecule is NC(CO)(CO)CCc1ccc2sc3ccc(OCc4ccccc4)cc3c(=O)c2c1. The Morgan fingerprint density at radius 1 is 0.871 bits per heavy atom. The number of ether oxygens (including phenoxy) is 1. The van der Waals surface area contributed by atoms with E-state index in [1.807, 2.05) is 66.7 Å². The number of benzene rings is 3. The molecule has 0 radical (unpaired) electrons. The van der Waals surface area contributed by atoms with Crippen molar-refractivity contribution in [2.24, 2.45) is 5.73 Å². The maximum Gasteiger partial charge on any atom is 0.196 e. The molecule has 4 N–H and O–H groups in total. The fourth-order valence-electron chi connectivity index (χ4n) is 3.47. The molecule has 4 rings (SSSR count). The summed E-state index contributed by atoms with van der Waals surface area (Å²) in [5.41, 5.74) is 6.94. The maximum absolute atomic E-state index is 13.2. The minimum Gasteiger partial charge on any atom is -0.489 e. The number of aryl methyl sites for hydroxylation is 1. The van der Waals surface area contributed by atoms with Crippen LogP contribution in [0.2, 0.25) is 0 Å². The number of fused-ring (bicyclic) bond motifs is 2. The first kappa shape index (κ1) is 21.5. The van der Waals surface area contributed by atoms with Crippen molar-refractivity contribution >= 4 is 31.5 Å². The van der Waals surface area contributed by atoms with E-state index in [2.05, 4.69) is 0 Å². The predicted molar refractivity (Wildman–Crippen MR) is 126 cm³/mol. The number of aliphatic hydroxyl groups is 2. The van der Waals surface area contributed by atoms with Crippen molar-refractivity contribution in [2.75, 3.05) is 13.2 Å². The Morgan fingerprint density at radius 2 is 1.55 bits per heavy atom. The van der Waals surface area contributed by atoms with Gasteiger partial charge in [-0.25, -0.2) is 0 Å². The second-order valence-corrected chi connectivity index (χ2v) is 8.96. The van der Waals surface area contributed by atoms with Crippen LogP contribution in [0.15, 0.2) is 71.5 Å². The first-order valence-electron chi connectivity index (χ1n) is 10.2. The van der Waals surface area contributed by atoms with Crippen LogP contribution in [0.4, 0.5) is 0 Å². The molecule has 0 aliphatic rings. The summed E-state index contributed by atoms with van der Waals surface area (Å²) in [6.07, 6.45) is 0.990. The maximum atomic E-state index is 13.2. The summed E-state index contributed by atoms with van der Waals surface area (Å²) in [5.74, 6) is 0.662. The van der Waals surface area contributed by atoms with Crippen LogP contribution in [0.1, 0.15) is 17.5 Å². The molecule has 1 heterocycles. The lowest BCUT2D eigenvalue weighted by molar-refractivity contribution is 0.115. The molecule has 0 saturated heterocycles. The third-order valence-corrected chi connectivity index (χ3v) is 6.65. The van der Waals surface area contributed by atoms with Crippen LogP contribution < -0.4 is 15.9 Å². The first-order valence-corrected chi connectivity index (χ1v) is 11.0. The zero-order valence-electron chi connectivity index (χ0n) is 17.1. The Balaban J connectivity index is 1.63. The van der Waals surface area contributed by atoms with Crippen LogP contribution in [0.5, 0.6) is 5.75 Å². The van der Waals surface area contributed by atoms with E-state index in [-0.39, 0.29) is 18.6 Å². The standard InChI is InChI=1S/C25H25NO4S/c26-25(15-27,16-28)11-10-17-6-8-22-20(12-17)24(29)21-13-19(7-9-23(21)31-22)30-14-18-4-2-1-3-5-18/h1-9,12-13,27-28H,10-11,14-16,26H2. The van der Waals surface area contributed by atoms with E-state index < -0.39 is 5.54 Å². The van der Waals surface area contributed by atoms with Crippen LogP contribution in [-0.2, 0) is 13.0 Å². The molecule has 0 aliphatic heterocycles. The molecule has 0 fully saturated rings. The Labute approximate surface area is 184 Å². The van der Waals surface area contributed by atoms with Gasteiger partial charge in [-0.05, 0) is 54.3 Å². The molecule has 0 spiro atoms. The van der Waals surface area contributed by atoms with Gasteiger partial charge in [0.25, 0.3) is 0 Å². The second-order valence-electron chi connectivity index (χ2n) is 7.87. The van der Waals surface area contributed by atoms with Crippen LogP contribution in [-0.4, -0.2) is 29.0 Å². The van der Waals surface area contributed by atoms with Gasteiger partial charge in [-0.1, -0.05) is 36.4 Å². The third kappa shape index (κ3) is 4.78. The fraction of sp³-hybridized carbons (Fsp3) is 0.240. The highest BCUT2D eigenvalue weighted by Crippen LogP contribution is 2.28. The monoisotopic (exact) mass is 435 g/mol. The second kappa shape index (κ2) is 9.16. The van der Waals surface area contributed by atoms with Crippen LogP contribution >= 0.6 is 11.3 Å².